The van der Waals surface area contributed by atoms with Crippen LogP contribution in [0.2, 0.25) is 0 Å². The molecule has 2 N–H and O–H groups in total. The van der Waals surface area contributed by atoms with Crippen molar-refractivity contribution >= 4 is 5.97 Å². The Kier molecular flexibility index (Phi) is 4.00. The third-order valence-electron chi connectivity index (χ3n) is 1.78. The summed E-state index contributed by atoms with van der Waals surface area (Å²) in [6.07, 6.45) is 0. The lowest BCUT2D eigenvalue weighted by Crippen LogP contribution is -2.35. The van der Waals surface area contributed by atoms with E-state index in [4.69, 9.17) is 4.74 Å². The monoisotopic (exact) mass is 226 g/mol. The topological polar surface area (TPSA) is 79.9 Å². The van der Waals surface area contributed by atoms with E-state index < -0.39 is 5.97 Å². The molecule has 1 aromatic heterocycles. The van der Waals surface area contributed by atoms with Gasteiger partial charge in [0, 0.05) is 5.54 Å². The molecule has 0 saturated carbocycles. The van der Waals surface area contributed by atoms with Gasteiger partial charge in [-0.3, -0.25) is 5.10 Å². The zero-order chi connectivity index (χ0) is 12.2. The number of ether oxygens (including phenoxy) is 1. The summed E-state index contributed by atoms with van der Waals surface area (Å²) >= 11 is 0. The van der Waals surface area contributed by atoms with Crippen LogP contribution in [0.15, 0.2) is 0 Å². The largest absolute Gasteiger partial charge is 0.460 e. The maximum absolute atomic E-state index is 11.3. The minimum absolute atomic E-state index is 0.00309. The molecule has 0 fully saturated rings. The molecule has 0 aliphatic carbocycles. The number of rotatable bonds is 4. The molecule has 0 amide bonds. The van der Waals surface area contributed by atoms with Crippen molar-refractivity contribution in [3.63, 3.8) is 0 Å². The molecule has 1 rings (SSSR count). The maximum Gasteiger partial charge on any atom is 0.378 e. The van der Waals surface area contributed by atoms with Crippen LogP contribution in [0.25, 0.3) is 0 Å². The predicted molar refractivity (Wildman–Crippen MR) is 58.9 cm³/mol. The zero-order valence-electron chi connectivity index (χ0n) is 10.1. The Labute approximate surface area is 94.8 Å². The first-order valence-electron chi connectivity index (χ1n) is 5.26. The first kappa shape index (κ1) is 12.6. The summed E-state index contributed by atoms with van der Waals surface area (Å²) < 4.78 is 4.78. The van der Waals surface area contributed by atoms with E-state index in [1.54, 1.807) is 6.92 Å². The Balaban J connectivity index is 2.55. The van der Waals surface area contributed by atoms with Crippen molar-refractivity contribution in [2.75, 3.05) is 6.61 Å². The third kappa shape index (κ3) is 3.98. The van der Waals surface area contributed by atoms with Crippen LogP contribution < -0.4 is 5.32 Å². The van der Waals surface area contributed by atoms with Crippen molar-refractivity contribution in [2.24, 2.45) is 0 Å². The summed E-state index contributed by atoms with van der Waals surface area (Å²) in [5.41, 5.74) is -0.00309. The number of esters is 1. The number of aromatic nitrogens is 3. The van der Waals surface area contributed by atoms with Gasteiger partial charge in [-0.15, -0.1) is 5.10 Å². The molecule has 0 radical (unpaired) electrons. The van der Waals surface area contributed by atoms with E-state index in [9.17, 15) is 4.79 Å². The lowest BCUT2D eigenvalue weighted by atomic mass is 10.1. The van der Waals surface area contributed by atoms with Gasteiger partial charge in [0.2, 0.25) is 0 Å². The van der Waals surface area contributed by atoms with Gasteiger partial charge in [-0.2, -0.15) is 0 Å². The summed E-state index contributed by atoms with van der Waals surface area (Å²) in [7, 11) is 0. The highest BCUT2D eigenvalue weighted by Crippen LogP contribution is 2.01. The standard InChI is InChI=1S/C10H18N4O2/c1-5-16-9(15)8-12-7(13-14-8)6-11-10(2,3)4/h11H,5-6H2,1-4H3,(H,12,13,14). The molecule has 0 spiro atoms. The van der Waals surface area contributed by atoms with E-state index in [1.807, 2.05) is 0 Å². The zero-order valence-corrected chi connectivity index (χ0v) is 10.1. The Morgan fingerprint density at radius 1 is 1.50 bits per heavy atom. The van der Waals surface area contributed by atoms with Gasteiger partial charge < -0.3 is 10.1 Å². The highest BCUT2D eigenvalue weighted by molar-refractivity contribution is 5.84. The lowest BCUT2D eigenvalue weighted by molar-refractivity contribution is 0.0512. The van der Waals surface area contributed by atoms with Crippen LogP contribution in [0.1, 0.15) is 44.1 Å². The Morgan fingerprint density at radius 3 is 2.75 bits per heavy atom. The predicted octanol–water partition coefficient (Wildman–Crippen LogP) is 0.869. The second-order valence-corrected chi connectivity index (χ2v) is 4.43. The minimum atomic E-state index is -0.499. The van der Waals surface area contributed by atoms with Gasteiger partial charge in [0.1, 0.15) is 5.82 Å². The smallest absolute Gasteiger partial charge is 0.378 e. The van der Waals surface area contributed by atoms with Crippen molar-refractivity contribution in [1.29, 1.82) is 0 Å². The van der Waals surface area contributed by atoms with Gasteiger partial charge in [0.15, 0.2) is 0 Å². The van der Waals surface area contributed by atoms with Crippen LogP contribution in [0.5, 0.6) is 0 Å². The SMILES string of the molecule is CCOC(=O)c1n[nH]c(CNC(C)(C)C)n1. The first-order valence-corrected chi connectivity index (χ1v) is 5.26. The number of H-pyrrole nitrogens is 1. The molecule has 0 aliphatic rings. The molecule has 90 valence electrons. The number of hydrogen-bond donors (Lipinski definition) is 2. The second-order valence-electron chi connectivity index (χ2n) is 4.43. The summed E-state index contributed by atoms with van der Waals surface area (Å²) in [4.78, 5) is 15.3. The summed E-state index contributed by atoms with van der Waals surface area (Å²) in [6, 6.07) is 0. The number of carbonyl (C=O) groups is 1. The molecule has 16 heavy (non-hydrogen) atoms. The molecular formula is C10H18N4O2. The van der Waals surface area contributed by atoms with Gasteiger partial charge in [-0.25, -0.2) is 9.78 Å². The number of aromatic amines is 1. The molecule has 1 heterocycles. The molecule has 1 aromatic rings. The Bertz CT molecular complexity index is 354. The van der Waals surface area contributed by atoms with Crippen LogP contribution >= 0.6 is 0 Å². The molecule has 0 atom stereocenters. The fourth-order valence-electron chi connectivity index (χ4n) is 1.01. The maximum atomic E-state index is 11.3. The average Bonchev–Trinajstić information content (AvgIpc) is 2.62. The fraction of sp³-hybridized carbons (Fsp3) is 0.700. The van der Waals surface area contributed by atoms with Gasteiger partial charge in [0.05, 0.1) is 13.2 Å². The number of nitrogens with zero attached hydrogens (tertiary/aromatic N) is 2. The summed E-state index contributed by atoms with van der Waals surface area (Å²) in [5, 5.41) is 9.71. The quantitative estimate of drug-likeness (QED) is 0.745. The number of hydrogen-bond acceptors (Lipinski definition) is 5. The van der Waals surface area contributed by atoms with Crippen molar-refractivity contribution in [1.82, 2.24) is 20.5 Å². The molecular weight excluding hydrogens is 208 g/mol. The lowest BCUT2D eigenvalue weighted by Gasteiger charge is -2.19. The number of carbonyl (C=O) groups excluding carboxylic acids is 1. The first-order chi connectivity index (χ1) is 7.42. The van der Waals surface area contributed by atoms with E-state index in [-0.39, 0.29) is 11.4 Å². The van der Waals surface area contributed by atoms with E-state index in [1.165, 1.54) is 0 Å². The molecule has 0 bridgehead atoms. The third-order valence-corrected chi connectivity index (χ3v) is 1.78. The van der Waals surface area contributed by atoms with E-state index >= 15 is 0 Å². The van der Waals surface area contributed by atoms with Crippen LogP contribution in [-0.2, 0) is 11.3 Å². The molecule has 0 saturated heterocycles. The highest BCUT2D eigenvalue weighted by Gasteiger charge is 2.14. The van der Waals surface area contributed by atoms with Crippen molar-refractivity contribution < 1.29 is 9.53 Å². The molecule has 0 unspecified atom stereocenters. The normalized spacial score (nSPS) is 11.5. The van der Waals surface area contributed by atoms with Gasteiger partial charge in [0.25, 0.3) is 5.82 Å². The minimum Gasteiger partial charge on any atom is -0.460 e. The fourth-order valence-corrected chi connectivity index (χ4v) is 1.01. The summed E-state index contributed by atoms with van der Waals surface area (Å²) in [6.45, 7) is 8.76. The number of nitrogens with one attached hydrogen (secondary N) is 2. The Hall–Kier alpha value is -1.43. The highest BCUT2D eigenvalue weighted by atomic mass is 16.5. The average molecular weight is 226 g/mol. The van der Waals surface area contributed by atoms with E-state index in [0.717, 1.165) is 0 Å². The van der Waals surface area contributed by atoms with Crippen LogP contribution in [0, 0.1) is 0 Å². The summed E-state index contributed by atoms with van der Waals surface area (Å²) in [5.74, 6) is 0.200. The molecule has 6 heteroatoms. The van der Waals surface area contributed by atoms with E-state index in [2.05, 4.69) is 41.3 Å². The van der Waals surface area contributed by atoms with E-state index in [0.29, 0.717) is 19.0 Å². The molecule has 0 aliphatic heterocycles. The van der Waals surface area contributed by atoms with Gasteiger partial charge >= 0.3 is 5.97 Å². The van der Waals surface area contributed by atoms with Crippen molar-refractivity contribution in [2.45, 2.75) is 39.8 Å². The van der Waals surface area contributed by atoms with Crippen LogP contribution in [0.4, 0.5) is 0 Å². The van der Waals surface area contributed by atoms with Crippen molar-refractivity contribution in [3.8, 4) is 0 Å². The molecule has 6 nitrogen and oxygen atoms in total. The Morgan fingerprint density at radius 2 is 2.19 bits per heavy atom. The van der Waals surface area contributed by atoms with Gasteiger partial charge in [-0.05, 0) is 27.7 Å². The van der Waals surface area contributed by atoms with Gasteiger partial charge in [-0.1, -0.05) is 0 Å². The van der Waals surface area contributed by atoms with Crippen LogP contribution in [-0.4, -0.2) is 33.3 Å². The molecule has 0 aromatic carbocycles. The van der Waals surface area contributed by atoms with Crippen LogP contribution in [0.3, 0.4) is 0 Å². The van der Waals surface area contributed by atoms with Crippen molar-refractivity contribution in [3.05, 3.63) is 11.6 Å². The second kappa shape index (κ2) is 5.07.